The first kappa shape index (κ1) is 10.4. The van der Waals surface area contributed by atoms with Crippen molar-refractivity contribution < 1.29 is 4.39 Å². The Morgan fingerprint density at radius 2 is 1.94 bits per heavy atom. The molecule has 1 heterocycles. The SMILES string of the molecule is Cc1cnc(Nc2ccc(F)cc2)cc1N. The number of nitrogens with two attached hydrogens (primary N) is 1. The molecule has 2 aromatic rings. The Morgan fingerprint density at radius 1 is 1.25 bits per heavy atom. The molecule has 0 aliphatic rings. The fraction of sp³-hybridized carbons (Fsp3) is 0.0833. The van der Waals surface area contributed by atoms with Crippen molar-refractivity contribution in [2.24, 2.45) is 0 Å². The molecular formula is C12H12FN3. The number of hydrogen-bond acceptors (Lipinski definition) is 3. The molecule has 4 heteroatoms. The first-order chi connectivity index (χ1) is 7.65. The zero-order chi connectivity index (χ0) is 11.5. The molecule has 0 saturated heterocycles. The van der Waals surface area contributed by atoms with E-state index in [1.54, 1.807) is 24.4 Å². The van der Waals surface area contributed by atoms with Gasteiger partial charge < -0.3 is 11.1 Å². The van der Waals surface area contributed by atoms with E-state index in [2.05, 4.69) is 10.3 Å². The molecule has 0 atom stereocenters. The van der Waals surface area contributed by atoms with Gasteiger partial charge in [-0.2, -0.15) is 0 Å². The molecule has 0 aliphatic heterocycles. The van der Waals surface area contributed by atoms with E-state index in [0.717, 1.165) is 11.3 Å². The molecule has 0 saturated carbocycles. The van der Waals surface area contributed by atoms with Crippen LogP contribution in [0.5, 0.6) is 0 Å². The zero-order valence-corrected chi connectivity index (χ0v) is 8.87. The Hall–Kier alpha value is -2.10. The quantitative estimate of drug-likeness (QED) is 0.813. The lowest BCUT2D eigenvalue weighted by molar-refractivity contribution is 0.628. The third kappa shape index (κ3) is 2.28. The molecule has 0 aliphatic carbocycles. The van der Waals surface area contributed by atoms with Crippen LogP contribution < -0.4 is 11.1 Å². The van der Waals surface area contributed by atoms with Crippen LogP contribution in [-0.2, 0) is 0 Å². The number of anilines is 3. The molecule has 0 amide bonds. The van der Waals surface area contributed by atoms with Gasteiger partial charge >= 0.3 is 0 Å². The lowest BCUT2D eigenvalue weighted by atomic mass is 10.2. The van der Waals surface area contributed by atoms with E-state index in [4.69, 9.17) is 5.73 Å². The van der Waals surface area contributed by atoms with Crippen LogP contribution in [0.1, 0.15) is 5.56 Å². The van der Waals surface area contributed by atoms with Crippen LogP contribution >= 0.6 is 0 Å². The van der Waals surface area contributed by atoms with Gasteiger partial charge in [0.1, 0.15) is 11.6 Å². The van der Waals surface area contributed by atoms with Gasteiger partial charge in [0.25, 0.3) is 0 Å². The molecule has 3 nitrogen and oxygen atoms in total. The fourth-order valence-electron chi connectivity index (χ4n) is 1.29. The Balaban J connectivity index is 2.20. The highest BCUT2D eigenvalue weighted by molar-refractivity contribution is 5.61. The average Bonchev–Trinajstić information content (AvgIpc) is 2.27. The molecular weight excluding hydrogens is 205 g/mol. The largest absolute Gasteiger partial charge is 0.398 e. The van der Waals surface area contributed by atoms with E-state index in [0.29, 0.717) is 11.5 Å². The van der Waals surface area contributed by atoms with Gasteiger partial charge in [-0.05, 0) is 36.8 Å². The second-order valence-corrected chi connectivity index (χ2v) is 3.56. The van der Waals surface area contributed by atoms with Crippen LogP contribution in [0.15, 0.2) is 36.5 Å². The van der Waals surface area contributed by atoms with Crippen molar-refractivity contribution in [2.75, 3.05) is 11.1 Å². The first-order valence-corrected chi connectivity index (χ1v) is 4.90. The molecule has 1 aromatic carbocycles. The van der Waals surface area contributed by atoms with Crippen LogP contribution in [-0.4, -0.2) is 4.98 Å². The molecule has 82 valence electrons. The van der Waals surface area contributed by atoms with Crippen molar-refractivity contribution in [3.63, 3.8) is 0 Å². The van der Waals surface area contributed by atoms with Gasteiger partial charge in [0.15, 0.2) is 0 Å². The molecule has 0 unspecified atom stereocenters. The molecule has 0 bridgehead atoms. The normalized spacial score (nSPS) is 10.1. The van der Waals surface area contributed by atoms with Crippen LogP contribution in [0.25, 0.3) is 0 Å². The van der Waals surface area contributed by atoms with E-state index in [9.17, 15) is 4.39 Å². The summed E-state index contributed by atoms with van der Waals surface area (Å²) in [6.07, 6.45) is 1.70. The summed E-state index contributed by atoms with van der Waals surface area (Å²) in [6.45, 7) is 1.89. The molecule has 16 heavy (non-hydrogen) atoms. The van der Waals surface area contributed by atoms with E-state index in [-0.39, 0.29) is 5.82 Å². The predicted octanol–water partition coefficient (Wildman–Crippen LogP) is 2.85. The van der Waals surface area contributed by atoms with E-state index in [1.165, 1.54) is 12.1 Å². The number of nitrogens with zero attached hydrogens (tertiary/aromatic N) is 1. The summed E-state index contributed by atoms with van der Waals surface area (Å²) < 4.78 is 12.7. The minimum atomic E-state index is -0.262. The Morgan fingerprint density at radius 3 is 2.56 bits per heavy atom. The minimum absolute atomic E-state index is 0.262. The third-order valence-corrected chi connectivity index (χ3v) is 2.26. The summed E-state index contributed by atoms with van der Waals surface area (Å²) in [5.41, 5.74) is 8.15. The number of benzene rings is 1. The lowest BCUT2D eigenvalue weighted by Gasteiger charge is -2.07. The summed E-state index contributed by atoms with van der Waals surface area (Å²) in [6, 6.07) is 7.82. The van der Waals surface area contributed by atoms with Crippen LogP contribution in [0.4, 0.5) is 21.6 Å². The summed E-state index contributed by atoms with van der Waals surface area (Å²) >= 11 is 0. The summed E-state index contributed by atoms with van der Waals surface area (Å²) in [7, 11) is 0. The van der Waals surface area contributed by atoms with Crippen molar-refractivity contribution in [1.29, 1.82) is 0 Å². The van der Waals surface area contributed by atoms with Crippen LogP contribution in [0.3, 0.4) is 0 Å². The van der Waals surface area contributed by atoms with Crippen molar-refractivity contribution in [3.05, 3.63) is 47.9 Å². The summed E-state index contributed by atoms with van der Waals surface area (Å²) in [4.78, 5) is 4.17. The Kier molecular flexibility index (Phi) is 2.72. The molecule has 1 aromatic heterocycles. The molecule has 3 N–H and O–H groups in total. The van der Waals surface area contributed by atoms with E-state index < -0.39 is 0 Å². The van der Waals surface area contributed by atoms with Gasteiger partial charge in [-0.1, -0.05) is 0 Å². The lowest BCUT2D eigenvalue weighted by Crippen LogP contribution is -1.97. The minimum Gasteiger partial charge on any atom is -0.398 e. The second kappa shape index (κ2) is 4.18. The summed E-state index contributed by atoms with van der Waals surface area (Å²) in [5.74, 6) is 0.386. The van der Waals surface area contributed by atoms with Gasteiger partial charge in [-0.25, -0.2) is 9.37 Å². The van der Waals surface area contributed by atoms with Gasteiger partial charge in [0.2, 0.25) is 0 Å². The van der Waals surface area contributed by atoms with E-state index in [1.807, 2.05) is 6.92 Å². The first-order valence-electron chi connectivity index (χ1n) is 4.90. The van der Waals surface area contributed by atoms with Gasteiger partial charge in [0, 0.05) is 23.6 Å². The Labute approximate surface area is 93.1 Å². The molecule has 0 radical (unpaired) electrons. The number of pyridine rings is 1. The smallest absolute Gasteiger partial charge is 0.132 e. The van der Waals surface area contributed by atoms with Crippen molar-refractivity contribution >= 4 is 17.2 Å². The van der Waals surface area contributed by atoms with Gasteiger partial charge in [0.05, 0.1) is 0 Å². The van der Waals surface area contributed by atoms with Crippen LogP contribution in [0.2, 0.25) is 0 Å². The number of aryl methyl sites for hydroxylation is 1. The number of rotatable bonds is 2. The highest BCUT2D eigenvalue weighted by atomic mass is 19.1. The highest BCUT2D eigenvalue weighted by Crippen LogP contribution is 2.18. The molecule has 2 rings (SSSR count). The molecule has 0 spiro atoms. The van der Waals surface area contributed by atoms with E-state index >= 15 is 0 Å². The average molecular weight is 217 g/mol. The van der Waals surface area contributed by atoms with Gasteiger partial charge in [-0.15, -0.1) is 0 Å². The second-order valence-electron chi connectivity index (χ2n) is 3.56. The summed E-state index contributed by atoms with van der Waals surface area (Å²) in [5, 5.41) is 3.04. The zero-order valence-electron chi connectivity index (χ0n) is 8.87. The maximum absolute atomic E-state index is 12.7. The number of hydrogen-bond donors (Lipinski definition) is 2. The fourth-order valence-corrected chi connectivity index (χ4v) is 1.29. The number of nitrogens with one attached hydrogen (secondary N) is 1. The van der Waals surface area contributed by atoms with Crippen molar-refractivity contribution in [1.82, 2.24) is 4.98 Å². The third-order valence-electron chi connectivity index (χ3n) is 2.26. The number of aromatic nitrogens is 1. The maximum Gasteiger partial charge on any atom is 0.132 e. The monoisotopic (exact) mass is 217 g/mol. The van der Waals surface area contributed by atoms with Crippen LogP contribution in [0, 0.1) is 12.7 Å². The van der Waals surface area contributed by atoms with Crippen molar-refractivity contribution in [2.45, 2.75) is 6.92 Å². The standard InChI is InChI=1S/C12H12FN3/c1-8-7-15-12(6-11(8)14)16-10-4-2-9(13)3-5-10/h2-7H,1H3,(H3,14,15,16). The molecule has 0 fully saturated rings. The Bertz CT molecular complexity index is 494. The number of halogens is 1. The highest BCUT2D eigenvalue weighted by Gasteiger charge is 1.99. The van der Waals surface area contributed by atoms with Crippen molar-refractivity contribution in [3.8, 4) is 0 Å². The predicted molar refractivity (Wildman–Crippen MR) is 63.1 cm³/mol. The number of nitrogen functional groups attached to an aromatic ring is 1. The topological polar surface area (TPSA) is 50.9 Å². The van der Waals surface area contributed by atoms with Gasteiger partial charge in [-0.3, -0.25) is 0 Å². The maximum atomic E-state index is 12.7.